The Morgan fingerprint density at radius 3 is 2.83 bits per heavy atom. The van der Waals surface area contributed by atoms with Crippen molar-refractivity contribution >= 4 is 23.1 Å². The van der Waals surface area contributed by atoms with Crippen molar-refractivity contribution in [2.75, 3.05) is 44.9 Å². The average molecular weight is 493 g/mol. The van der Waals surface area contributed by atoms with Crippen molar-refractivity contribution in [2.24, 2.45) is 7.05 Å². The minimum absolute atomic E-state index is 0.0263. The molecule has 3 aromatic heterocycles. The summed E-state index contributed by atoms with van der Waals surface area (Å²) in [5, 5.41) is 11.4. The van der Waals surface area contributed by atoms with Crippen LogP contribution in [0.25, 0.3) is 17.0 Å². The highest BCUT2D eigenvalue weighted by molar-refractivity contribution is 6.11. The highest BCUT2D eigenvalue weighted by Crippen LogP contribution is 2.23. The average Bonchev–Trinajstić information content (AvgIpc) is 3.51. The second-order valence-corrected chi connectivity index (χ2v) is 8.11. The Morgan fingerprint density at radius 2 is 2.03 bits per heavy atom. The molecule has 0 saturated carbocycles. The molecule has 0 unspecified atom stereocenters. The third-order valence-electron chi connectivity index (χ3n) is 5.72. The van der Waals surface area contributed by atoms with Gasteiger partial charge in [-0.1, -0.05) is 12.1 Å². The van der Waals surface area contributed by atoms with Crippen molar-refractivity contribution in [2.45, 2.75) is 0 Å². The van der Waals surface area contributed by atoms with Crippen LogP contribution in [-0.2, 0) is 11.8 Å². The molecule has 4 aromatic rings. The van der Waals surface area contributed by atoms with Gasteiger partial charge in [0.2, 0.25) is 0 Å². The van der Waals surface area contributed by atoms with E-state index in [1.54, 1.807) is 53.0 Å². The number of hydrogen-bond acceptors (Lipinski definition) is 7. The van der Waals surface area contributed by atoms with Gasteiger partial charge in [0.15, 0.2) is 11.5 Å². The quantitative estimate of drug-likeness (QED) is 0.421. The first kappa shape index (κ1) is 23.4. The summed E-state index contributed by atoms with van der Waals surface area (Å²) in [6.07, 6.45) is 3.08. The fourth-order valence-electron chi connectivity index (χ4n) is 3.95. The summed E-state index contributed by atoms with van der Waals surface area (Å²) < 4.78 is 26.0. The van der Waals surface area contributed by atoms with Gasteiger partial charge in [0.25, 0.3) is 11.8 Å². The van der Waals surface area contributed by atoms with Gasteiger partial charge in [-0.3, -0.25) is 14.3 Å². The number of nitrogens with zero attached hydrogens (tertiary/aromatic N) is 6. The number of morpholine rings is 1. The molecule has 1 N–H and O–H groups in total. The zero-order valence-corrected chi connectivity index (χ0v) is 19.6. The van der Waals surface area contributed by atoms with E-state index in [1.807, 2.05) is 6.07 Å². The molecule has 4 heterocycles. The second kappa shape index (κ2) is 10.1. The molecule has 2 amide bonds. The van der Waals surface area contributed by atoms with Gasteiger partial charge < -0.3 is 19.7 Å². The molecule has 186 valence electrons. The Bertz CT molecular complexity index is 1410. The molecule has 0 atom stereocenters. The van der Waals surface area contributed by atoms with Crippen LogP contribution in [-0.4, -0.2) is 80.7 Å². The van der Waals surface area contributed by atoms with Gasteiger partial charge in [-0.05, 0) is 18.2 Å². The normalized spacial score (nSPS) is 13.7. The number of aryl methyl sites for hydroxylation is 1. The van der Waals surface area contributed by atoms with Crippen molar-refractivity contribution in [3.8, 4) is 17.1 Å². The number of halogens is 1. The second-order valence-electron chi connectivity index (χ2n) is 8.11. The smallest absolute Gasteiger partial charge is 0.274 e. The predicted octanol–water partition coefficient (Wildman–Crippen LogP) is 2.20. The van der Waals surface area contributed by atoms with Gasteiger partial charge >= 0.3 is 0 Å². The van der Waals surface area contributed by atoms with Crippen LogP contribution < -0.4 is 10.1 Å². The largest absolute Gasteiger partial charge is 0.491 e. The first-order chi connectivity index (χ1) is 17.5. The van der Waals surface area contributed by atoms with Gasteiger partial charge in [0.1, 0.15) is 24.7 Å². The number of fused-ring (bicyclic) bond motifs is 1. The standard InChI is InChI=1S/C24H24FN7O4/c1-30-21(19(15-26-30)24(34)31-8-11-35-12-9-31)23(33)27-17-5-7-32-20(14-17)28-22(29-32)16-3-2-4-18(13-16)36-10-6-25/h2-5,7,13-15H,6,8-12H2,1H3,(H,27,33)/i25-1. The van der Waals surface area contributed by atoms with E-state index in [0.29, 0.717) is 54.8 Å². The Hall–Kier alpha value is -4.32. The molecule has 1 aromatic carbocycles. The maximum atomic E-state index is 13.1. The summed E-state index contributed by atoms with van der Waals surface area (Å²) in [6.45, 7) is 1.25. The number of anilines is 1. The number of benzene rings is 1. The number of rotatable bonds is 7. The number of amides is 2. The number of carbonyl (C=O) groups excluding carboxylic acids is 2. The lowest BCUT2D eigenvalue weighted by molar-refractivity contribution is 0.0302. The molecule has 12 heteroatoms. The zero-order valence-electron chi connectivity index (χ0n) is 19.6. The Labute approximate surface area is 205 Å². The number of alkyl halides is 1. The highest BCUT2D eigenvalue weighted by Gasteiger charge is 2.27. The van der Waals surface area contributed by atoms with Crippen LogP contribution in [0.1, 0.15) is 20.8 Å². The molecule has 11 nitrogen and oxygen atoms in total. The van der Waals surface area contributed by atoms with Crippen LogP contribution >= 0.6 is 0 Å². The first-order valence-corrected chi connectivity index (χ1v) is 11.4. The Balaban J connectivity index is 1.36. The monoisotopic (exact) mass is 492 g/mol. The number of hydrogen-bond donors (Lipinski definition) is 1. The fourth-order valence-corrected chi connectivity index (χ4v) is 3.95. The van der Waals surface area contributed by atoms with E-state index >= 15 is 0 Å². The van der Waals surface area contributed by atoms with Gasteiger partial charge in [0, 0.05) is 43.7 Å². The van der Waals surface area contributed by atoms with Crippen molar-refractivity contribution < 1.29 is 23.5 Å². The highest BCUT2D eigenvalue weighted by atomic mass is 18.2. The van der Waals surface area contributed by atoms with E-state index in [1.165, 1.54) is 10.9 Å². The first-order valence-electron chi connectivity index (χ1n) is 11.4. The summed E-state index contributed by atoms with van der Waals surface area (Å²) in [5.74, 6) is 0.255. The fraction of sp³-hybridized carbons (Fsp3) is 0.292. The molecule has 0 radical (unpaired) electrons. The minimum atomic E-state index is -0.576. The molecule has 0 bridgehead atoms. The topological polar surface area (TPSA) is 116 Å². The third-order valence-corrected chi connectivity index (χ3v) is 5.72. The van der Waals surface area contributed by atoms with E-state index in [-0.39, 0.29) is 23.8 Å². The molecule has 0 aliphatic carbocycles. The molecular formula is C24H24FN7O4. The summed E-state index contributed by atoms with van der Waals surface area (Å²) >= 11 is 0. The van der Waals surface area contributed by atoms with Gasteiger partial charge in [-0.2, -0.15) is 5.10 Å². The maximum Gasteiger partial charge on any atom is 0.274 e. The lowest BCUT2D eigenvalue weighted by Gasteiger charge is -2.26. The van der Waals surface area contributed by atoms with E-state index in [0.717, 1.165) is 0 Å². The van der Waals surface area contributed by atoms with Crippen molar-refractivity contribution in [1.82, 2.24) is 29.3 Å². The number of pyridine rings is 1. The maximum absolute atomic E-state index is 13.1. The number of aromatic nitrogens is 5. The minimum Gasteiger partial charge on any atom is -0.491 e. The van der Waals surface area contributed by atoms with Gasteiger partial charge in [-0.15, -0.1) is 5.10 Å². The van der Waals surface area contributed by atoms with Crippen LogP contribution in [0, 0.1) is 0 Å². The van der Waals surface area contributed by atoms with Crippen LogP contribution in [0.15, 0.2) is 48.8 Å². The van der Waals surface area contributed by atoms with Gasteiger partial charge in [-0.25, -0.2) is 13.9 Å². The van der Waals surface area contributed by atoms with Crippen molar-refractivity contribution in [1.29, 1.82) is 0 Å². The molecular weight excluding hydrogens is 468 g/mol. The summed E-state index contributed by atoms with van der Waals surface area (Å²) in [6, 6.07) is 10.4. The lowest BCUT2D eigenvalue weighted by Crippen LogP contribution is -2.41. The SMILES string of the molecule is Cn1ncc(C(=O)N2CCOCC2)c1C(=O)Nc1ccn2nc(-c3cccc(OCC[18F])c3)nc2c1. The molecule has 1 aliphatic heterocycles. The third kappa shape index (κ3) is 4.75. The molecule has 5 rings (SSSR count). The van der Waals surface area contributed by atoms with Gasteiger partial charge in [0.05, 0.1) is 25.0 Å². The van der Waals surface area contributed by atoms with E-state index < -0.39 is 12.6 Å². The van der Waals surface area contributed by atoms with E-state index in [9.17, 15) is 14.0 Å². The molecule has 36 heavy (non-hydrogen) atoms. The summed E-state index contributed by atoms with van der Waals surface area (Å²) in [4.78, 5) is 32.3. The molecule has 0 spiro atoms. The number of ether oxygens (including phenoxy) is 2. The summed E-state index contributed by atoms with van der Waals surface area (Å²) in [5.41, 5.74) is 2.10. The van der Waals surface area contributed by atoms with Crippen LogP contribution in [0.3, 0.4) is 0 Å². The van der Waals surface area contributed by atoms with Crippen LogP contribution in [0.5, 0.6) is 5.75 Å². The van der Waals surface area contributed by atoms with Crippen molar-refractivity contribution in [3.05, 3.63) is 60.0 Å². The zero-order chi connectivity index (χ0) is 25.1. The predicted molar refractivity (Wildman–Crippen MR) is 128 cm³/mol. The van der Waals surface area contributed by atoms with E-state index in [4.69, 9.17) is 9.47 Å². The number of carbonyl (C=O) groups is 2. The summed E-state index contributed by atoms with van der Waals surface area (Å²) in [7, 11) is 1.62. The molecule has 1 fully saturated rings. The Kier molecular flexibility index (Phi) is 6.58. The van der Waals surface area contributed by atoms with Crippen molar-refractivity contribution in [3.63, 3.8) is 0 Å². The van der Waals surface area contributed by atoms with Crippen LogP contribution in [0.2, 0.25) is 0 Å². The molecule has 1 aliphatic rings. The lowest BCUT2D eigenvalue weighted by atomic mass is 10.2. The number of nitrogens with one attached hydrogen (secondary N) is 1. The van der Waals surface area contributed by atoms with Crippen LogP contribution in [0.4, 0.5) is 10.1 Å². The van der Waals surface area contributed by atoms with E-state index in [2.05, 4.69) is 20.5 Å². The Morgan fingerprint density at radius 1 is 1.19 bits per heavy atom. The molecule has 1 saturated heterocycles.